The molecular weight excluding hydrogens is 396 g/mol. The Hall–Kier alpha value is -1.49. The fourth-order valence-electron chi connectivity index (χ4n) is 3.04. The van der Waals surface area contributed by atoms with Crippen LogP contribution in [-0.2, 0) is 16.0 Å². The fraction of sp³-hybridized carbons (Fsp3) is 0.680. The highest BCUT2D eigenvalue weighted by Gasteiger charge is 2.10. The zero-order valence-corrected chi connectivity index (χ0v) is 20.0. The van der Waals surface area contributed by atoms with Crippen molar-refractivity contribution in [1.82, 2.24) is 0 Å². The maximum Gasteiger partial charge on any atom is 0.304 e. The molecule has 0 radical (unpaired) electrons. The molecule has 5 heteroatoms. The first kappa shape index (κ1) is 28.5. The Balaban J connectivity index is 0.000000890. The largest absolute Gasteiger partial charge is 0.481 e. The second-order valence-corrected chi connectivity index (χ2v) is 9.27. The molecule has 1 rings (SSSR count). The normalized spacial score (nSPS) is 11.4. The summed E-state index contributed by atoms with van der Waals surface area (Å²) >= 11 is 1.86. The number of aliphatic carboxylic acids is 2. The lowest BCUT2D eigenvalue weighted by Gasteiger charge is -2.15. The Bertz CT molecular complexity index is 557. The molecule has 0 aromatic heterocycles. The highest BCUT2D eigenvalue weighted by molar-refractivity contribution is 7.99. The molecule has 0 aliphatic rings. The monoisotopic (exact) mass is 438 g/mol. The van der Waals surface area contributed by atoms with E-state index in [2.05, 4.69) is 45.0 Å². The van der Waals surface area contributed by atoms with Gasteiger partial charge < -0.3 is 10.2 Å². The Morgan fingerprint density at radius 1 is 0.833 bits per heavy atom. The summed E-state index contributed by atoms with van der Waals surface area (Å²) in [6.45, 7) is 6.40. The second-order valence-electron chi connectivity index (χ2n) is 7.86. The van der Waals surface area contributed by atoms with E-state index in [9.17, 15) is 9.59 Å². The van der Waals surface area contributed by atoms with Gasteiger partial charge >= 0.3 is 11.9 Å². The van der Waals surface area contributed by atoms with Gasteiger partial charge in [-0.15, -0.1) is 0 Å². The number of rotatable bonds is 16. The Labute approximate surface area is 187 Å². The van der Waals surface area contributed by atoms with E-state index >= 15 is 0 Å². The Kier molecular flexibility index (Phi) is 18.5. The summed E-state index contributed by atoms with van der Waals surface area (Å²) in [4.78, 5) is 20.5. The molecular formula is C25H42O4S. The molecule has 4 nitrogen and oxygen atoms in total. The van der Waals surface area contributed by atoms with Gasteiger partial charge in [0, 0.05) is 17.4 Å². The van der Waals surface area contributed by atoms with Crippen molar-refractivity contribution in [1.29, 1.82) is 0 Å². The van der Waals surface area contributed by atoms with E-state index in [1.54, 1.807) is 0 Å². The zero-order valence-electron chi connectivity index (χ0n) is 19.2. The van der Waals surface area contributed by atoms with Crippen LogP contribution in [0.5, 0.6) is 0 Å². The van der Waals surface area contributed by atoms with Crippen LogP contribution in [0.15, 0.2) is 24.3 Å². The van der Waals surface area contributed by atoms with Crippen molar-refractivity contribution in [2.75, 3.05) is 5.75 Å². The number of unbranched alkanes of at least 4 members (excludes halogenated alkanes) is 4. The maximum atomic E-state index is 10.6. The van der Waals surface area contributed by atoms with Gasteiger partial charge in [0.1, 0.15) is 0 Å². The highest BCUT2D eigenvalue weighted by Crippen LogP contribution is 2.24. The summed E-state index contributed by atoms with van der Waals surface area (Å²) in [6, 6.07) is 8.82. The molecule has 1 aromatic rings. The highest BCUT2D eigenvalue weighted by atomic mass is 32.2. The van der Waals surface area contributed by atoms with Crippen LogP contribution in [0.2, 0.25) is 0 Å². The summed E-state index contributed by atoms with van der Waals surface area (Å²) in [6.07, 6.45) is 12.1. The molecule has 1 aromatic carbocycles. The third kappa shape index (κ3) is 18.5. The van der Waals surface area contributed by atoms with Crippen molar-refractivity contribution in [3.63, 3.8) is 0 Å². The molecule has 0 saturated heterocycles. The number of benzene rings is 1. The minimum atomic E-state index is -0.682. The van der Waals surface area contributed by atoms with Crippen molar-refractivity contribution in [3.8, 4) is 0 Å². The molecule has 1 unspecified atom stereocenters. The number of carbonyl (C=O) groups is 2. The quantitative estimate of drug-likeness (QED) is 0.269. The molecule has 0 aliphatic carbocycles. The van der Waals surface area contributed by atoms with Crippen molar-refractivity contribution in [3.05, 3.63) is 35.4 Å². The van der Waals surface area contributed by atoms with Gasteiger partial charge in [-0.05, 0) is 44.6 Å². The fourth-order valence-corrected chi connectivity index (χ4v) is 4.33. The number of carboxylic acid groups (broad SMARTS) is 2. The second kappa shape index (κ2) is 19.5. The molecule has 0 aliphatic heterocycles. The van der Waals surface area contributed by atoms with E-state index in [0.29, 0.717) is 11.7 Å². The Morgan fingerprint density at radius 3 is 2.00 bits per heavy atom. The van der Waals surface area contributed by atoms with Crippen LogP contribution in [0.25, 0.3) is 0 Å². The van der Waals surface area contributed by atoms with Gasteiger partial charge in [0.15, 0.2) is 0 Å². The maximum absolute atomic E-state index is 10.6. The molecule has 1 atom stereocenters. The average molecular weight is 439 g/mol. The van der Waals surface area contributed by atoms with E-state index in [1.807, 2.05) is 11.8 Å². The number of aryl methyl sites for hydroxylation is 2. The van der Waals surface area contributed by atoms with Gasteiger partial charge in [0.05, 0.1) is 6.42 Å². The minimum Gasteiger partial charge on any atom is -0.481 e. The number of carboxylic acids is 2. The molecule has 0 amide bonds. The number of hydrogen-bond acceptors (Lipinski definition) is 3. The van der Waals surface area contributed by atoms with Crippen LogP contribution in [0.4, 0.5) is 0 Å². The predicted octanol–water partition coefficient (Wildman–Crippen LogP) is 7.13. The van der Waals surface area contributed by atoms with Gasteiger partial charge in [0.2, 0.25) is 0 Å². The first-order valence-electron chi connectivity index (χ1n) is 11.5. The minimum absolute atomic E-state index is 0.288. The predicted molar refractivity (Wildman–Crippen MR) is 129 cm³/mol. The summed E-state index contributed by atoms with van der Waals surface area (Å²) in [7, 11) is 0. The van der Waals surface area contributed by atoms with Crippen molar-refractivity contribution in [2.24, 2.45) is 0 Å². The lowest BCUT2D eigenvalue weighted by molar-refractivity contribution is -0.137. The SMILES string of the molecule is CCCCC(CCCCc1ccc(C)cc1)SCCC(=O)O.CCCCCC(=O)O. The molecule has 0 fully saturated rings. The van der Waals surface area contributed by atoms with Crippen LogP contribution < -0.4 is 0 Å². The van der Waals surface area contributed by atoms with Crippen LogP contribution in [0.3, 0.4) is 0 Å². The Morgan fingerprint density at radius 2 is 1.43 bits per heavy atom. The smallest absolute Gasteiger partial charge is 0.304 e. The molecule has 172 valence electrons. The van der Waals surface area contributed by atoms with Crippen LogP contribution in [0, 0.1) is 6.92 Å². The van der Waals surface area contributed by atoms with Crippen molar-refractivity contribution < 1.29 is 19.8 Å². The molecule has 0 bridgehead atoms. The standard InChI is InChI=1S/C19H30O2S.C6H12O2/c1-3-4-8-18(22-15-14-19(20)21)9-6-5-7-17-12-10-16(2)11-13-17;1-2-3-4-5-6(7)8/h10-13,18H,3-9,14-15H2,1-2H3,(H,20,21);2-5H2,1H3,(H,7,8). The average Bonchev–Trinajstić information content (AvgIpc) is 2.70. The molecule has 0 spiro atoms. The van der Waals surface area contributed by atoms with E-state index in [1.165, 1.54) is 49.7 Å². The van der Waals surface area contributed by atoms with E-state index < -0.39 is 11.9 Å². The summed E-state index contributed by atoms with van der Waals surface area (Å²) in [5.74, 6) is -0.610. The van der Waals surface area contributed by atoms with Gasteiger partial charge in [-0.25, -0.2) is 0 Å². The molecule has 2 N–H and O–H groups in total. The lowest BCUT2D eigenvalue weighted by Crippen LogP contribution is -2.06. The lowest BCUT2D eigenvalue weighted by atomic mass is 10.0. The van der Waals surface area contributed by atoms with E-state index in [0.717, 1.165) is 31.4 Å². The first-order chi connectivity index (χ1) is 14.4. The number of hydrogen-bond donors (Lipinski definition) is 2. The summed E-state index contributed by atoms with van der Waals surface area (Å²) < 4.78 is 0. The molecule has 30 heavy (non-hydrogen) atoms. The van der Waals surface area contributed by atoms with E-state index in [4.69, 9.17) is 10.2 Å². The van der Waals surface area contributed by atoms with Gasteiger partial charge in [-0.1, -0.05) is 75.8 Å². The zero-order chi connectivity index (χ0) is 22.6. The van der Waals surface area contributed by atoms with Crippen LogP contribution >= 0.6 is 11.8 Å². The number of thioether (sulfide) groups is 1. The molecule has 0 heterocycles. The third-order valence-corrected chi connectivity index (χ3v) is 6.29. The summed E-state index contributed by atoms with van der Waals surface area (Å²) in [5.41, 5.74) is 2.74. The van der Waals surface area contributed by atoms with Gasteiger partial charge in [0.25, 0.3) is 0 Å². The third-order valence-electron chi connectivity index (χ3n) is 4.91. The van der Waals surface area contributed by atoms with Crippen molar-refractivity contribution in [2.45, 2.75) is 103 Å². The van der Waals surface area contributed by atoms with E-state index in [-0.39, 0.29) is 6.42 Å². The molecule has 0 saturated carbocycles. The van der Waals surface area contributed by atoms with Crippen LogP contribution in [0.1, 0.15) is 95.6 Å². The van der Waals surface area contributed by atoms with Gasteiger partial charge in [-0.3, -0.25) is 9.59 Å². The first-order valence-corrected chi connectivity index (χ1v) is 12.5. The van der Waals surface area contributed by atoms with Crippen molar-refractivity contribution >= 4 is 23.7 Å². The van der Waals surface area contributed by atoms with Crippen LogP contribution in [-0.4, -0.2) is 33.2 Å². The van der Waals surface area contributed by atoms with Gasteiger partial charge in [-0.2, -0.15) is 11.8 Å². The topological polar surface area (TPSA) is 74.6 Å². The summed E-state index contributed by atoms with van der Waals surface area (Å²) in [5, 5.41) is 17.5.